The van der Waals surface area contributed by atoms with Gasteiger partial charge in [0.1, 0.15) is 0 Å². The van der Waals surface area contributed by atoms with E-state index < -0.39 is 0 Å². The maximum absolute atomic E-state index is 3.81. The Hall–Kier alpha value is -0.380. The average Bonchev–Trinajstić information content (AvgIpc) is 2.42. The van der Waals surface area contributed by atoms with Crippen molar-refractivity contribution in [3.8, 4) is 0 Å². The second-order valence-electron chi connectivity index (χ2n) is 7.01. The van der Waals surface area contributed by atoms with Crippen LogP contribution in [-0.2, 0) is 12.8 Å². The Bertz CT molecular complexity index is 457. The van der Waals surface area contributed by atoms with Gasteiger partial charge in [-0.1, -0.05) is 35.8 Å². The van der Waals surface area contributed by atoms with Crippen molar-refractivity contribution >= 4 is 15.9 Å². The summed E-state index contributed by atoms with van der Waals surface area (Å²) in [6.45, 7) is 5.72. The predicted molar refractivity (Wildman–Crippen MR) is 94.9 cm³/mol. The Labute approximate surface area is 138 Å². The van der Waals surface area contributed by atoms with E-state index in [0.717, 1.165) is 12.5 Å². The van der Waals surface area contributed by atoms with Crippen LogP contribution >= 0.6 is 15.9 Å². The number of hydrogen-bond donors (Lipinski definition) is 1. The molecule has 0 fully saturated rings. The van der Waals surface area contributed by atoms with Crippen molar-refractivity contribution in [1.29, 1.82) is 0 Å². The molecule has 0 bridgehead atoms. The second kappa shape index (κ2) is 7.75. The third kappa shape index (κ3) is 5.08. The van der Waals surface area contributed by atoms with Gasteiger partial charge in [0.2, 0.25) is 0 Å². The molecule has 0 saturated heterocycles. The zero-order chi connectivity index (χ0) is 15.4. The van der Waals surface area contributed by atoms with E-state index in [4.69, 9.17) is 0 Å². The Balaban J connectivity index is 1.88. The molecule has 0 amide bonds. The molecular formula is C18H29BrN2. The zero-order valence-electron chi connectivity index (χ0n) is 13.8. The number of likely N-dealkylation sites (N-methyl/N-ethyl adjacent to an activating group) is 1. The van der Waals surface area contributed by atoms with Gasteiger partial charge in [-0.2, -0.15) is 0 Å². The topological polar surface area (TPSA) is 15.3 Å². The molecule has 2 rings (SSSR count). The summed E-state index contributed by atoms with van der Waals surface area (Å²) in [7, 11) is 4.39. The van der Waals surface area contributed by atoms with Crippen molar-refractivity contribution in [2.75, 3.05) is 20.6 Å². The molecule has 0 radical (unpaired) electrons. The quantitative estimate of drug-likeness (QED) is 0.835. The fourth-order valence-corrected chi connectivity index (χ4v) is 3.63. The summed E-state index contributed by atoms with van der Waals surface area (Å²) in [5, 5.41) is 3.81. The van der Waals surface area contributed by atoms with Crippen LogP contribution in [0.1, 0.15) is 37.8 Å². The SMILES string of the molecule is CC(C)CC(CNC1CCc2cc(Br)ccc2C1)N(C)C. The second-order valence-corrected chi connectivity index (χ2v) is 7.92. The molecule has 1 aromatic carbocycles. The first-order valence-corrected chi connectivity index (χ1v) is 8.92. The van der Waals surface area contributed by atoms with Gasteiger partial charge in [0.15, 0.2) is 0 Å². The number of fused-ring (bicyclic) bond motifs is 1. The van der Waals surface area contributed by atoms with Crippen LogP contribution in [0.3, 0.4) is 0 Å². The van der Waals surface area contributed by atoms with Crippen molar-refractivity contribution in [2.24, 2.45) is 5.92 Å². The lowest BCUT2D eigenvalue weighted by molar-refractivity contribution is 0.237. The molecule has 2 nitrogen and oxygen atoms in total. The van der Waals surface area contributed by atoms with Crippen LogP contribution in [-0.4, -0.2) is 37.6 Å². The normalized spacial score (nSPS) is 19.9. The number of rotatable bonds is 6. The van der Waals surface area contributed by atoms with E-state index in [0.29, 0.717) is 12.1 Å². The van der Waals surface area contributed by atoms with E-state index in [9.17, 15) is 0 Å². The van der Waals surface area contributed by atoms with Crippen LogP contribution in [0, 0.1) is 5.92 Å². The molecule has 3 heteroatoms. The molecule has 1 aliphatic rings. The molecule has 21 heavy (non-hydrogen) atoms. The van der Waals surface area contributed by atoms with Gasteiger partial charge in [-0.05, 0) is 69.0 Å². The molecule has 1 aromatic rings. The number of aryl methyl sites for hydroxylation is 1. The first-order chi connectivity index (χ1) is 9.95. The highest BCUT2D eigenvalue weighted by Crippen LogP contribution is 2.25. The minimum absolute atomic E-state index is 0.633. The van der Waals surface area contributed by atoms with E-state index in [2.05, 4.69) is 72.3 Å². The van der Waals surface area contributed by atoms with E-state index in [1.165, 1.54) is 41.3 Å². The minimum Gasteiger partial charge on any atom is -0.312 e. The van der Waals surface area contributed by atoms with Crippen molar-refractivity contribution in [2.45, 2.75) is 51.6 Å². The van der Waals surface area contributed by atoms with Gasteiger partial charge >= 0.3 is 0 Å². The van der Waals surface area contributed by atoms with Gasteiger partial charge in [0, 0.05) is 23.1 Å². The summed E-state index contributed by atoms with van der Waals surface area (Å²) in [5.74, 6) is 0.753. The van der Waals surface area contributed by atoms with Gasteiger partial charge < -0.3 is 10.2 Å². The Morgan fingerprint density at radius 3 is 2.71 bits per heavy atom. The van der Waals surface area contributed by atoms with Crippen LogP contribution < -0.4 is 5.32 Å². The van der Waals surface area contributed by atoms with Crippen molar-refractivity contribution < 1.29 is 0 Å². The third-order valence-corrected chi connectivity index (χ3v) is 5.01. The number of halogens is 1. The van der Waals surface area contributed by atoms with Crippen molar-refractivity contribution in [3.05, 3.63) is 33.8 Å². The summed E-state index contributed by atoms with van der Waals surface area (Å²) in [4.78, 5) is 2.36. The minimum atomic E-state index is 0.633. The van der Waals surface area contributed by atoms with Crippen LogP contribution in [0.4, 0.5) is 0 Å². The summed E-state index contributed by atoms with van der Waals surface area (Å²) >= 11 is 3.57. The van der Waals surface area contributed by atoms with Crippen LogP contribution in [0.2, 0.25) is 0 Å². The fourth-order valence-electron chi connectivity index (χ4n) is 3.22. The third-order valence-electron chi connectivity index (χ3n) is 4.51. The number of benzene rings is 1. The maximum atomic E-state index is 3.81. The molecule has 0 saturated carbocycles. The fraction of sp³-hybridized carbons (Fsp3) is 0.667. The number of nitrogens with one attached hydrogen (secondary N) is 1. The molecule has 1 N–H and O–H groups in total. The Morgan fingerprint density at radius 1 is 1.29 bits per heavy atom. The summed E-state index contributed by atoms with van der Waals surface area (Å²) < 4.78 is 1.21. The summed E-state index contributed by atoms with van der Waals surface area (Å²) in [6, 6.07) is 8.00. The number of nitrogens with zero attached hydrogens (tertiary/aromatic N) is 1. The van der Waals surface area contributed by atoms with E-state index in [1.54, 1.807) is 0 Å². The van der Waals surface area contributed by atoms with E-state index in [1.807, 2.05) is 0 Å². The zero-order valence-corrected chi connectivity index (χ0v) is 15.4. The predicted octanol–water partition coefficient (Wildman–Crippen LogP) is 3.87. The summed E-state index contributed by atoms with van der Waals surface area (Å²) in [5.41, 5.74) is 3.04. The molecule has 2 atom stereocenters. The van der Waals surface area contributed by atoms with E-state index in [-0.39, 0.29) is 0 Å². The van der Waals surface area contributed by atoms with Crippen LogP contribution in [0.5, 0.6) is 0 Å². The molecule has 0 heterocycles. The molecule has 0 spiro atoms. The first-order valence-electron chi connectivity index (χ1n) is 8.12. The molecule has 2 unspecified atom stereocenters. The highest BCUT2D eigenvalue weighted by atomic mass is 79.9. The van der Waals surface area contributed by atoms with Gasteiger partial charge in [0.05, 0.1) is 0 Å². The lowest BCUT2D eigenvalue weighted by atomic mass is 9.88. The molecule has 1 aliphatic carbocycles. The van der Waals surface area contributed by atoms with Gasteiger partial charge in [-0.15, -0.1) is 0 Å². The number of hydrogen-bond acceptors (Lipinski definition) is 2. The molecular weight excluding hydrogens is 324 g/mol. The highest BCUT2D eigenvalue weighted by molar-refractivity contribution is 9.10. The average molecular weight is 353 g/mol. The lowest BCUT2D eigenvalue weighted by Crippen LogP contribution is -2.44. The van der Waals surface area contributed by atoms with Crippen LogP contribution in [0.15, 0.2) is 22.7 Å². The van der Waals surface area contributed by atoms with Gasteiger partial charge in [-0.25, -0.2) is 0 Å². The molecule has 118 valence electrons. The summed E-state index contributed by atoms with van der Waals surface area (Å²) in [6.07, 6.45) is 4.88. The monoisotopic (exact) mass is 352 g/mol. The largest absolute Gasteiger partial charge is 0.312 e. The molecule has 0 aromatic heterocycles. The van der Waals surface area contributed by atoms with Crippen molar-refractivity contribution in [1.82, 2.24) is 10.2 Å². The Kier molecular flexibility index (Phi) is 6.27. The van der Waals surface area contributed by atoms with Crippen molar-refractivity contribution in [3.63, 3.8) is 0 Å². The lowest BCUT2D eigenvalue weighted by Gasteiger charge is -2.31. The standard InChI is InChI=1S/C18H29BrN2/c1-13(2)9-18(21(3)4)12-20-17-8-6-14-10-16(19)7-5-15(14)11-17/h5,7,10,13,17-18,20H,6,8-9,11-12H2,1-4H3. The smallest absolute Gasteiger partial charge is 0.0217 e. The Morgan fingerprint density at radius 2 is 2.05 bits per heavy atom. The highest BCUT2D eigenvalue weighted by Gasteiger charge is 2.20. The first kappa shape index (κ1) is 17.0. The molecule has 0 aliphatic heterocycles. The van der Waals surface area contributed by atoms with Crippen LogP contribution in [0.25, 0.3) is 0 Å². The van der Waals surface area contributed by atoms with Gasteiger partial charge in [0.25, 0.3) is 0 Å². The van der Waals surface area contributed by atoms with E-state index >= 15 is 0 Å². The maximum Gasteiger partial charge on any atom is 0.0217 e. The van der Waals surface area contributed by atoms with Gasteiger partial charge in [-0.3, -0.25) is 0 Å².